The van der Waals surface area contributed by atoms with E-state index in [4.69, 9.17) is 9.47 Å². The average Bonchev–Trinajstić information content (AvgIpc) is 2.65. The molecule has 0 saturated heterocycles. The highest BCUT2D eigenvalue weighted by molar-refractivity contribution is 5.95. The summed E-state index contributed by atoms with van der Waals surface area (Å²) in [5.41, 5.74) is 1.22. The fourth-order valence-electron chi connectivity index (χ4n) is 2.59. The SMILES string of the molecule is O=C1O[C@H](C(=O)NC[C@H](O)COc2ccc(F)cc2)Cc2ccccc21. The Hall–Kier alpha value is -2.93. The van der Waals surface area contributed by atoms with E-state index in [2.05, 4.69) is 5.32 Å². The monoisotopic (exact) mass is 359 g/mol. The second-order valence-corrected chi connectivity index (χ2v) is 5.92. The van der Waals surface area contributed by atoms with Crippen LogP contribution in [0.2, 0.25) is 0 Å². The number of nitrogens with one attached hydrogen (secondary N) is 1. The van der Waals surface area contributed by atoms with Gasteiger partial charge in [-0.05, 0) is 35.9 Å². The third-order valence-corrected chi connectivity index (χ3v) is 3.95. The van der Waals surface area contributed by atoms with Gasteiger partial charge in [-0.1, -0.05) is 18.2 Å². The van der Waals surface area contributed by atoms with Gasteiger partial charge in [0.05, 0.1) is 5.56 Å². The van der Waals surface area contributed by atoms with Gasteiger partial charge in [0, 0.05) is 13.0 Å². The number of hydrogen-bond donors (Lipinski definition) is 2. The number of carbonyl (C=O) groups is 2. The minimum Gasteiger partial charge on any atom is -0.491 e. The molecular weight excluding hydrogens is 341 g/mol. The number of fused-ring (bicyclic) bond motifs is 1. The van der Waals surface area contributed by atoms with Crippen LogP contribution < -0.4 is 10.1 Å². The van der Waals surface area contributed by atoms with Gasteiger partial charge in [-0.25, -0.2) is 9.18 Å². The molecule has 1 amide bonds. The van der Waals surface area contributed by atoms with E-state index in [9.17, 15) is 19.1 Å². The van der Waals surface area contributed by atoms with E-state index in [1.807, 2.05) is 0 Å². The minimum absolute atomic E-state index is 0.0598. The third kappa shape index (κ3) is 4.37. The lowest BCUT2D eigenvalue weighted by atomic mass is 9.98. The fraction of sp³-hybridized carbons (Fsp3) is 0.263. The van der Waals surface area contributed by atoms with Gasteiger partial charge in [-0.15, -0.1) is 0 Å². The van der Waals surface area contributed by atoms with Gasteiger partial charge < -0.3 is 19.9 Å². The Morgan fingerprint density at radius 3 is 2.77 bits per heavy atom. The van der Waals surface area contributed by atoms with Crippen LogP contribution in [0.1, 0.15) is 15.9 Å². The maximum absolute atomic E-state index is 12.8. The Morgan fingerprint density at radius 1 is 1.27 bits per heavy atom. The van der Waals surface area contributed by atoms with Crippen LogP contribution in [0.3, 0.4) is 0 Å². The van der Waals surface area contributed by atoms with Crippen molar-refractivity contribution in [2.75, 3.05) is 13.2 Å². The molecule has 3 rings (SSSR count). The molecule has 0 unspecified atom stereocenters. The highest BCUT2D eigenvalue weighted by Crippen LogP contribution is 2.20. The zero-order chi connectivity index (χ0) is 18.5. The molecule has 0 saturated carbocycles. The van der Waals surface area contributed by atoms with Gasteiger partial charge in [-0.2, -0.15) is 0 Å². The lowest BCUT2D eigenvalue weighted by Crippen LogP contribution is -2.45. The molecule has 2 aromatic carbocycles. The molecule has 0 radical (unpaired) electrons. The summed E-state index contributed by atoms with van der Waals surface area (Å²) in [6, 6.07) is 12.3. The van der Waals surface area contributed by atoms with Crippen LogP contribution in [-0.4, -0.2) is 42.3 Å². The number of amides is 1. The number of esters is 1. The Balaban J connectivity index is 1.46. The van der Waals surface area contributed by atoms with E-state index in [-0.39, 0.29) is 25.4 Å². The summed E-state index contributed by atoms with van der Waals surface area (Å²) in [6.07, 6.45) is -1.60. The predicted molar refractivity (Wildman–Crippen MR) is 90.3 cm³/mol. The molecule has 2 aromatic rings. The van der Waals surface area contributed by atoms with Crippen molar-refractivity contribution >= 4 is 11.9 Å². The van der Waals surface area contributed by atoms with E-state index in [0.717, 1.165) is 5.56 Å². The summed E-state index contributed by atoms with van der Waals surface area (Å²) >= 11 is 0. The van der Waals surface area contributed by atoms with Crippen molar-refractivity contribution in [3.8, 4) is 5.75 Å². The van der Waals surface area contributed by atoms with Gasteiger partial charge in [-0.3, -0.25) is 4.79 Å². The van der Waals surface area contributed by atoms with Crippen molar-refractivity contribution < 1.29 is 28.6 Å². The molecule has 0 spiro atoms. The molecule has 2 N–H and O–H groups in total. The first-order valence-corrected chi connectivity index (χ1v) is 8.16. The predicted octanol–water partition coefficient (Wildman–Crippen LogP) is 1.46. The van der Waals surface area contributed by atoms with E-state index < -0.39 is 24.1 Å². The second kappa shape index (κ2) is 7.97. The molecule has 6 nitrogen and oxygen atoms in total. The zero-order valence-corrected chi connectivity index (χ0v) is 13.9. The molecule has 1 aliphatic rings. The van der Waals surface area contributed by atoms with Crippen molar-refractivity contribution in [3.63, 3.8) is 0 Å². The van der Waals surface area contributed by atoms with Crippen molar-refractivity contribution in [3.05, 3.63) is 65.5 Å². The van der Waals surface area contributed by atoms with E-state index in [0.29, 0.717) is 11.3 Å². The molecule has 0 bridgehead atoms. The first kappa shape index (κ1) is 17.9. The molecule has 7 heteroatoms. The molecule has 26 heavy (non-hydrogen) atoms. The second-order valence-electron chi connectivity index (χ2n) is 5.92. The van der Waals surface area contributed by atoms with Gasteiger partial charge in [0.2, 0.25) is 0 Å². The van der Waals surface area contributed by atoms with Crippen molar-refractivity contribution in [2.24, 2.45) is 0 Å². The van der Waals surface area contributed by atoms with E-state index in [1.165, 1.54) is 24.3 Å². The molecule has 2 atom stereocenters. The highest BCUT2D eigenvalue weighted by Gasteiger charge is 2.31. The molecule has 0 fully saturated rings. The summed E-state index contributed by atoms with van der Waals surface area (Å²) in [4.78, 5) is 24.1. The molecule has 136 valence electrons. The number of halogens is 1. The summed E-state index contributed by atoms with van der Waals surface area (Å²) in [6.45, 7) is -0.130. The van der Waals surface area contributed by atoms with E-state index in [1.54, 1.807) is 24.3 Å². The Bertz CT molecular complexity index is 793. The summed E-state index contributed by atoms with van der Waals surface area (Å²) < 4.78 is 23.3. The molecular formula is C19H18FNO5. The van der Waals surface area contributed by atoms with Crippen molar-refractivity contribution in [2.45, 2.75) is 18.6 Å². The third-order valence-electron chi connectivity index (χ3n) is 3.95. The maximum atomic E-state index is 12.8. The lowest BCUT2D eigenvalue weighted by Gasteiger charge is -2.24. The first-order valence-electron chi connectivity index (χ1n) is 8.16. The molecule has 1 aliphatic heterocycles. The maximum Gasteiger partial charge on any atom is 0.339 e. The number of rotatable bonds is 6. The number of benzene rings is 2. The van der Waals surface area contributed by atoms with Gasteiger partial charge in [0.15, 0.2) is 6.10 Å². The number of ether oxygens (including phenoxy) is 2. The van der Waals surface area contributed by atoms with Crippen LogP contribution in [0.4, 0.5) is 4.39 Å². The van der Waals surface area contributed by atoms with Crippen molar-refractivity contribution in [1.82, 2.24) is 5.32 Å². The molecule has 0 aliphatic carbocycles. The van der Waals surface area contributed by atoms with Crippen LogP contribution in [0.15, 0.2) is 48.5 Å². The van der Waals surface area contributed by atoms with Crippen LogP contribution in [0, 0.1) is 5.82 Å². The zero-order valence-electron chi connectivity index (χ0n) is 13.9. The Morgan fingerprint density at radius 2 is 2.00 bits per heavy atom. The standard InChI is InChI=1S/C19H18FNO5/c20-13-5-7-15(8-6-13)25-11-14(22)10-21-18(23)17-9-12-3-1-2-4-16(12)19(24)26-17/h1-8,14,17,22H,9-11H2,(H,21,23)/t14-,17-/m0/s1. The van der Waals surface area contributed by atoms with E-state index >= 15 is 0 Å². The number of aliphatic hydroxyl groups excluding tert-OH is 1. The Kier molecular flexibility index (Phi) is 5.48. The number of hydrogen-bond acceptors (Lipinski definition) is 5. The largest absolute Gasteiger partial charge is 0.491 e. The van der Waals surface area contributed by atoms with Crippen LogP contribution in [0.25, 0.3) is 0 Å². The van der Waals surface area contributed by atoms with Crippen LogP contribution >= 0.6 is 0 Å². The van der Waals surface area contributed by atoms with Crippen molar-refractivity contribution in [1.29, 1.82) is 0 Å². The lowest BCUT2D eigenvalue weighted by molar-refractivity contribution is -0.130. The van der Waals surface area contributed by atoms with Gasteiger partial charge >= 0.3 is 5.97 Å². The van der Waals surface area contributed by atoms with Crippen LogP contribution in [-0.2, 0) is 16.0 Å². The minimum atomic E-state index is -0.962. The number of aliphatic hydroxyl groups is 1. The van der Waals surface area contributed by atoms with Gasteiger partial charge in [0.1, 0.15) is 24.3 Å². The summed E-state index contributed by atoms with van der Waals surface area (Å²) in [5, 5.41) is 12.4. The van der Waals surface area contributed by atoms with Crippen LogP contribution in [0.5, 0.6) is 5.75 Å². The first-order chi connectivity index (χ1) is 12.5. The Labute approximate surface area is 149 Å². The fourth-order valence-corrected chi connectivity index (χ4v) is 2.59. The normalized spacial score (nSPS) is 17.0. The highest BCUT2D eigenvalue weighted by atomic mass is 19.1. The average molecular weight is 359 g/mol. The number of carbonyl (C=O) groups excluding carboxylic acids is 2. The topological polar surface area (TPSA) is 84.9 Å². The summed E-state index contributed by atoms with van der Waals surface area (Å²) in [5.74, 6) is -0.982. The quantitative estimate of drug-likeness (QED) is 0.763. The molecule has 0 aromatic heterocycles. The molecule has 1 heterocycles. The van der Waals surface area contributed by atoms with Gasteiger partial charge in [0.25, 0.3) is 5.91 Å². The number of cyclic esters (lactones) is 1. The summed E-state index contributed by atoms with van der Waals surface area (Å²) in [7, 11) is 0. The smallest absolute Gasteiger partial charge is 0.339 e.